The van der Waals surface area contributed by atoms with Crippen molar-refractivity contribution in [2.75, 3.05) is 52.3 Å². The molecule has 10 heteroatoms. The SMILES string of the molecule is COCC(F)CN(CCCCc1ccc2c(n1)NCCC2)CCC(NC(=O)C(C)(C)OC)C(=O)O. The minimum atomic E-state index is -1.18. The average Bonchev–Trinajstić information content (AvgIpc) is 2.83. The van der Waals surface area contributed by atoms with E-state index >= 15 is 0 Å². The quantitative estimate of drug-likeness (QED) is 0.299. The second kappa shape index (κ2) is 14.3. The van der Waals surface area contributed by atoms with Crippen molar-refractivity contribution in [2.24, 2.45) is 0 Å². The molecule has 0 spiro atoms. The number of aliphatic carboxylic acids is 1. The van der Waals surface area contributed by atoms with Crippen LogP contribution in [0.2, 0.25) is 0 Å². The zero-order valence-corrected chi connectivity index (χ0v) is 21.4. The van der Waals surface area contributed by atoms with Crippen molar-refractivity contribution < 1.29 is 28.6 Å². The van der Waals surface area contributed by atoms with Crippen LogP contribution in [0, 0.1) is 0 Å². The van der Waals surface area contributed by atoms with Crippen molar-refractivity contribution in [2.45, 2.75) is 70.2 Å². The van der Waals surface area contributed by atoms with Gasteiger partial charge >= 0.3 is 5.97 Å². The molecule has 0 radical (unpaired) electrons. The second-order valence-electron chi connectivity index (χ2n) is 9.52. The predicted molar refractivity (Wildman–Crippen MR) is 132 cm³/mol. The molecular weight excluding hydrogens is 455 g/mol. The third-order valence-electron chi connectivity index (χ3n) is 6.31. The number of amides is 1. The van der Waals surface area contributed by atoms with Gasteiger partial charge in [0.25, 0.3) is 5.91 Å². The fourth-order valence-corrected chi connectivity index (χ4v) is 3.95. The van der Waals surface area contributed by atoms with E-state index in [0.717, 1.165) is 50.2 Å². The van der Waals surface area contributed by atoms with Gasteiger partial charge < -0.3 is 30.1 Å². The van der Waals surface area contributed by atoms with Crippen molar-refractivity contribution in [1.82, 2.24) is 15.2 Å². The van der Waals surface area contributed by atoms with Gasteiger partial charge in [-0.1, -0.05) is 6.07 Å². The van der Waals surface area contributed by atoms with Crippen LogP contribution in [-0.4, -0.2) is 91.7 Å². The lowest BCUT2D eigenvalue weighted by molar-refractivity contribution is -0.147. The number of aromatic nitrogens is 1. The van der Waals surface area contributed by atoms with Crippen LogP contribution in [0.4, 0.5) is 10.2 Å². The molecule has 1 amide bonds. The zero-order chi connectivity index (χ0) is 25.8. The highest BCUT2D eigenvalue weighted by atomic mass is 19.1. The Hall–Kier alpha value is -2.30. The van der Waals surface area contributed by atoms with E-state index in [1.54, 1.807) is 13.8 Å². The summed E-state index contributed by atoms with van der Waals surface area (Å²) in [5.74, 6) is -0.659. The number of alkyl halides is 1. The number of unbranched alkanes of at least 4 members (excludes halogenated alkanes) is 1. The number of nitrogens with zero attached hydrogens (tertiary/aromatic N) is 2. The van der Waals surface area contributed by atoms with Crippen LogP contribution in [0.5, 0.6) is 0 Å². The number of rotatable bonds is 16. The number of fused-ring (bicyclic) bond motifs is 1. The third-order valence-corrected chi connectivity index (χ3v) is 6.31. The van der Waals surface area contributed by atoms with E-state index in [-0.39, 0.29) is 19.6 Å². The maximum Gasteiger partial charge on any atom is 0.326 e. The van der Waals surface area contributed by atoms with E-state index < -0.39 is 29.7 Å². The van der Waals surface area contributed by atoms with Crippen LogP contribution in [-0.2, 0) is 31.9 Å². The molecule has 198 valence electrons. The first kappa shape index (κ1) is 28.9. The van der Waals surface area contributed by atoms with Crippen LogP contribution in [0.15, 0.2) is 12.1 Å². The standard InChI is InChI=1S/C25H41FN4O5/c1-25(2,35-4)24(33)29-21(23(31)32)12-15-30(16-19(26)17-34-3)14-6-5-9-20-11-10-18-8-7-13-27-22(18)28-20/h10-11,19,21H,5-9,12-17H2,1-4H3,(H,27,28)(H,29,33)(H,31,32). The lowest BCUT2D eigenvalue weighted by Crippen LogP contribution is -2.51. The van der Waals surface area contributed by atoms with Crippen molar-refractivity contribution >= 4 is 17.7 Å². The normalized spacial score (nSPS) is 15.3. The number of ether oxygens (including phenoxy) is 2. The summed E-state index contributed by atoms with van der Waals surface area (Å²) in [6, 6.07) is 3.12. The number of carboxylic acids is 1. The first-order valence-corrected chi connectivity index (χ1v) is 12.3. The summed E-state index contributed by atoms with van der Waals surface area (Å²) < 4.78 is 24.3. The van der Waals surface area contributed by atoms with Gasteiger partial charge in [0.05, 0.1) is 6.61 Å². The Labute approximate surface area is 207 Å². The van der Waals surface area contributed by atoms with Gasteiger partial charge in [0.1, 0.15) is 23.6 Å². The number of carboxylic acid groups (broad SMARTS) is 1. The van der Waals surface area contributed by atoms with Gasteiger partial charge in [-0.25, -0.2) is 14.2 Å². The van der Waals surface area contributed by atoms with Gasteiger partial charge in [-0.2, -0.15) is 0 Å². The van der Waals surface area contributed by atoms with Gasteiger partial charge in [0.2, 0.25) is 0 Å². The maximum absolute atomic E-state index is 14.3. The molecule has 3 N–H and O–H groups in total. The smallest absolute Gasteiger partial charge is 0.326 e. The number of carbonyl (C=O) groups is 2. The zero-order valence-electron chi connectivity index (χ0n) is 21.4. The Morgan fingerprint density at radius 1 is 1.29 bits per heavy atom. The van der Waals surface area contributed by atoms with Crippen molar-refractivity contribution in [1.29, 1.82) is 0 Å². The summed E-state index contributed by atoms with van der Waals surface area (Å²) in [6.07, 6.45) is 3.66. The molecule has 9 nitrogen and oxygen atoms in total. The number of hydrogen-bond donors (Lipinski definition) is 3. The van der Waals surface area contributed by atoms with E-state index in [1.807, 2.05) is 4.90 Å². The van der Waals surface area contributed by atoms with Crippen LogP contribution in [0.1, 0.15) is 50.8 Å². The average molecular weight is 497 g/mol. The number of aryl methyl sites for hydroxylation is 2. The molecule has 0 bridgehead atoms. The molecule has 2 heterocycles. The molecule has 2 unspecified atom stereocenters. The molecule has 1 aliphatic heterocycles. The Morgan fingerprint density at radius 2 is 2.06 bits per heavy atom. The number of methoxy groups -OCH3 is 2. The van der Waals surface area contributed by atoms with Crippen molar-refractivity contribution in [3.8, 4) is 0 Å². The molecule has 1 aromatic heterocycles. The Morgan fingerprint density at radius 3 is 2.74 bits per heavy atom. The summed E-state index contributed by atoms with van der Waals surface area (Å²) in [5.41, 5.74) is 1.14. The maximum atomic E-state index is 14.3. The first-order chi connectivity index (χ1) is 16.7. The summed E-state index contributed by atoms with van der Waals surface area (Å²) in [6.45, 7) is 5.14. The molecule has 1 aromatic rings. The van der Waals surface area contributed by atoms with E-state index in [2.05, 4.69) is 22.8 Å². The third kappa shape index (κ3) is 9.70. The van der Waals surface area contributed by atoms with Crippen LogP contribution in [0.25, 0.3) is 0 Å². The fourth-order valence-electron chi connectivity index (χ4n) is 3.95. The molecular formula is C25H41FN4O5. The lowest BCUT2D eigenvalue weighted by atomic mass is 10.1. The van der Waals surface area contributed by atoms with Crippen LogP contribution in [0.3, 0.4) is 0 Å². The molecule has 0 saturated carbocycles. The first-order valence-electron chi connectivity index (χ1n) is 12.3. The van der Waals surface area contributed by atoms with Crippen LogP contribution < -0.4 is 10.6 Å². The number of hydrogen-bond acceptors (Lipinski definition) is 7. The van der Waals surface area contributed by atoms with Crippen LogP contribution >= 0.6 is 0 Å². The Bertz CT molecular complexity index is 823. The van der Waals surface area contributed by atoms with E-state index in [9.17, 15) is 19.1 Å². The number of halogens is 1. The van der Waals surface area contributed by atoms with Crippen molar-refractivity contribution in [3.05, 3.63) is 23.4 Å². The molecule has 1 aliphatic rings. The van der Waals surface area contributed by atoms with Gasteiger partial charge in [-0.3, -0.25) is 4.79 Å². The highest BCUT2D eigenvalue weighted by Crippen LogP contribution is 2.20. The lowest BCUT2D eigenvalue weighted by Gasteiger charge is -2.27. The monoisotopic (exact) mass is 496 g/mol. The minimum absolute atomic E-state index is 0.0241. The number of nitrogens with one attached hydrogen (secondary N) is 2. The summed E-state index contributed by atoms with van der Waals surface area (Å²) >= 11 is 0. The Balaban J connectivity index is 1.89. The Kier molecular flexibility index (Phi) is 11.8. The molecule has 0 saturated heterocycles. The highest BCUT2D eigenvalue weighted by Gasteiger charge is 2.31. The predicted octanol–water partition coefficient (Wildman–Crippen LogP) is 2.43. The number of pyridine rings is 1. The molecule has 0 fully saturated rings. The summed E-state index contributed by atoms with van der Waals surface area (Å²) in [5, 5.41) is 15.5. The second-order valence-corrected chi connectivity index (χ2v) is 9.52. The molecule has 35 heavy (non-hydrogen) atoms. The topological polar surface area (TPSA) is 113 Å². The fraction of sp³-hybridized carbons (Fsp3) is 0.720. The largest absolute Gasteiger partial charge is 0.480 e. The number of anilines is 1. The minimum Gasteiger partial charge on any atom is -0.480 e. The highest BCUT2D eigenvalue weighted by molar-refractivity contribution is 5.88. The van der Waals surface area contributed by atoms with Gasteiger partial charge in [0.15, 0.2) is 0 Å². The van der Waals surface area contributed by atoms with Gasteiger partial charge in [0, 0.05) is 39.5 Å². The van der Waals surface area contributed by atoms with E-state index in [0.29, 0.717) is 13.1 Å². The molecule has 2 atom stereocenters. The van der Waals surface area contributed by atoms with Gasteiger partial charge in [-0.15, -0.1) is 0 Å². The van der Waals surface area contributed by atoms with Crippen molar-refractivity contribution in [3.63, 3.8) is 0 Å². The number of carbonyl (C=O) groups excluding carboxylic acids is 1. The molecule has 0 aliphatic carbocycles. The molecule has 2 rings (SSSR count). The van der Waals surface area contributed by atoms with Gasteiger partial charge in [-0.05, 0) is 70.5 Å². The molecule has 0 aromatic carbocycles. The summed E-state index contributed by atoms with van der Waals surface area (Å²) in [4.78, 5) is 30.7. The van der Waals surface area contributed by atoms with E-state index in [1.165, 1.54) is 19.8 Å². The van der Waals surface area contributed by atoms with E-state index in [4.69, 9.17) is 14.5 Å². The summed E-state index contributed by atoms with van der Waals surface area (Å²) in [7, 11) is 2.84.